The topological polar surface area (TPSA) is 109 Å². The minimum Gasteiger partial charge on any atom is -0.475 e. The maximum absolute atomic E-state index is 12.1. The van der Waals surface area contributed by atoms with Crippen LogP contribution in [0, 0.1) is 0 Å². The normalized spacial score (nSPS) is 13.8. The Morgan fingerprint density at radius 2 is 2.13 bits per heavy atom. The first-order chi connectivity index (χ1) is 14.6. The average molecular weight is 480 g/mol. The molecule has 1 amide bonds. The second-order valence-electron chi connectivity index (χ2n) is 6.91. The summed E-state index contributed by atoms with van der Waals surface area (Å²) in [4.78, 5) is 30.0. The van der Waals surface area contributed by atoms with E-state index in [1.807, 2.05) is 17.0 Å². The van der Waals surface area contributed by atoms with Crippen LogP contribution < -0.4 is 15.6 Å². The van der Waals surface area contributed by atoms with Gasteiger partial charge in [0.1, 0.15) is 10.2 Å². The Kier molecular flexibility index (Phi) is 8.64. The smallest absolute Gasteiger partial charge is 0.280 e. The first-order valence-corrected chi connectivity index (χ1v) is 10.8. The van der Waals surface area contributed by atoms with E-state index in [0.29, 0.717) is 61.9 Å². The predicted octanol–water partition coefficient (Wildman–Crippen LogP) is 2.34. The van der Waals surface area contributed by atoms with Crippen LogP contribution in [0.4, 0.5) is 5.69 Å². The molecule has 162 valence electrons. The van der Waals surface area contributed by atoms with Crippen LogP contribution in [0.2, 0.25) is 0 Å². The molecule has 30 heavy (non-hydrogen) atoms. The molecule has 1 saturated heterocycles. The van der Waals surface area contributed by atoms with Gasteiger partial charge in [-0.15, -0.1) is 5.10 Å². The van der Waals surface area contributed by atoms with Gasteiger partial charge in [-0.25, -0.2) is 5.10 Å². The van der Waals surface area contributed by atoms with E-state index in [9.17, 15) is 9.59 Å². The Bertz CT molecular complexity index is 871. The van der Waals surface area contributed by atoms with Crippen LogP contribution in [0.1, 0.15) is 31.2 Å². The first kappa shape index (κ1) is 22.2. The molecule has 0 aromatic carbocycles. The number of nitrogens with one attached hydrogen (secondary N) is 2. The molecule has 3 heterocycles. The number of rotatable bonds is 10. The lowest BCUT2D eigenvalue weighted by atomic mass is 10.2. The van der Waals surface area contributed by atoms with Crippen LogP contribution in [0.15, 0.2) is 33.8 Å². The number of H-pyrrole nitrogens is 1. The van der Waals surface area contributed by atoms with Crippen molar-refractivity contribution in [3.63, 3.8) is 0 Å². The number of hydrogen-bond acceptors (Lipinski definition) is 7. The number of nitrogens with zero attached hydrogens (tertiary/aromatic N) is 3. The molecule has 1 aliphatic rings. The number of unbranched alkanes of at least 4 members (excludes halogenated alkanes) is 2. The lowest BCUT2D eigenvalue weighted by Crippen LogP contribution is -2.40. The highest BCUT2D eigenvalue weighted by atomic mass is 79.9. The van der Waals surface area contributed by atoms with Crippen LogP contribution in [0.5, 0.6) is 5.88 Å². The Hall–Kier alpha value is -2.46. The highest BCUT2D eigenvalue weighted by Gasteiger charge is 2.16. The quantitative estimate of drug-likeness (QED) is 0.503. The van der Waals surface area contributed by atoms with Gasteiger partial charge in [-0.2, -0.15) is 0 Å². The third-order valence-corrected chi connectivity index (χ3v) is 5.48. The number of aromatic amines is 1. The molecule has 2 aromatic heterocycles. The minimum absolute atomic E-state index is 0.187. The minimum atomic E-state index is -0.335. The zero-order valence-electron chi connectivity index (χ0n) is 16.7. The number of amides is 1. The Morgan fingerprint density at radius 1 is 1.30 bits per heavy atom. The van der Waals surface area contributed by atoms with Crippen molar-refractivity contribution in [1.82, 2.24) is 20.1 Å². The van der Waals surface area contributed by atoms with E-state index in [2.05, 4.69) is 36.4 Å². The molecular weight excluding hydrogens is 454 g/mol. The third kappa shape index (κ3) is 6.53. The molecule has 10 heteroatoms. The first-order valence-electron chi connectivity index (χ1n) is 10.0. The molecule has 0 unspecified atom stereocenters. The van der Waals surface area contributed by atoms with Crippen molar-refractivity contribution in [2.45, 2.75) is 32.2 Å². The van der Waals surface area contributed by atoms with E-state index in [-0.39, 0.29) is 11.5 Å². The highest BCUT2D eigenvalue weighted by molar-refractivity contribution is 9.10. The summed E-state index contributed by atoms with van der Waals surface area (Å²) < 4.78 is 11.4. The van der Waals surface area contributed by atoms with Gasteiger partial charge in [0.15, 0.2) is 0 Å². The van der Waals surface area contributed by atoms with Gasteiger partial charge < -0.3 is 19.7 Å². The molecule has 0 saturated carbocycles. The Balaban J connectivity index is 1.43. The van der Waals surface area contributed by atoms with Gasteiger partial charge in [-0.3, -0.25) is 14.6 Å². The van der Waals surface area contributed by atoms with Crippen LogP contribution in [-0.4, -0.2) is 58.9 Å². The van der Waals surface area contributed by atoms with Crippen molar-refractivity contribution in [2.75, 3.05) is 38.2 Å². The monoisotopic (exact) mass is 479 g/mol. The lowest BCUT2D eigenvalue weighted by Gasteiger charge is -2.26. The van der Waals surface area contributed by atoms with Crippen molar-refractivity contribution in [3.8, 4) is 5.88 Å². The number of ether oxygens (including phenoxy) is 2. The maximum Gasteiger partial charge on any atom is 0.280 e. The molecule has 9 nitrogen and oxygen atoms in total. The number of anilines is 1. The summed E-state index contributed by atoms with van der Waals surface area (Å²) in [7, 11) is 0. The summed E-state index contributed by atoms with van der Waals surface area (Å²) in [6.07, 6.45) is 6.47. The molecule has 2 aromatic rings. The maximum atomic E-state index is 12.1. The second-order valence-corrected chi connectivity index (χ2v) is 7.71. The van der Waals surface area contributed by atoms with Gasteiger partial charge in [0.05, 0.1) is 19.8 Å². The highest BCUT2D eigenvalue weighted by Crippen LogP contribution is 2.27. The van der Waals surface area contributed by atoms with Crippen LogP contribution in [-0.2, 0) is 16.1 Å². The molecule has 0 radical (unpaired) electrons. The molecule has 1 fully saturated rings. The van der Waals surface area contributed by atoms with Gasteiger partial charge >= 0.3 is 0 Å². The molecule has 0 atom stereocenters. The average Bonchev–Trinajstić information content (AvgIpc) is 2.79. The molecule has 0 bridgehead atoms. The number of hydrogen-bond donors (Lipinski definition) is 2. The predicted molar refractivity (Wildman–Crippen MR) is 115 cm³/mol. The van der Waals surface area contributed by atoms with Gasteiger partial charge in [0, 0.05) is 38.4 Å². The van der Waals surface area contributed by atoms with Crippen molar-refractivity contribution in [2.24, 2.45) is 0 Å². The van der Waals surface area contributed by atoms with Crippen molar-refractivity contribution < 1.29 is 14.3 Å². The van der Waals surface area contributed by atoms with Crippen molar-refractivity contribution >= 4 is 27.5 Å². The van der Waals surface area contributed by atoms with E-state index in [1.165, 1.54) is 0 Å². The molecule has 1 aliphatic heterocycles. The van der Waals surface area contributed by atoms with Crippen molar-refractivity contribution in [3.05, 3.63) is 44.9 Å². The largest absolute Gasteiger partial charge is 0.475 e. The number of morpholine rings is 1. The standard InChI is InChI=1S/C20H26BrN5O4/c21-17-18(23-14-15-5-4-7-22-13-15)20(25-24-19(17)28)30-10-3-1-2-6-16(27)26-8-11-29-12-9-26/h4-5,7,13H,1-3,6,8-12,14H2,(H2,23,24,28). The SMILES string of the molecule is O=C(CCCCCOc1n[nH]c(=O)c(Br)c1NCc1cccnc1)N1CCOCC1. The molecule has 0 aliphatic carbocycles. The summed E-state index contributed by atoms with van der Waals surface area (Å²) in [5.41, 5.74) is 1.14. The van der Waals surface area contributed by atoms with E-state index >= 15 is 0 Å². The summed E-state index contributed by atoms with van der Waals surface area (Å²) in [5.74, 6) is 0.516. The van der Waals surface area contributed by atoms with E-state index in [0.717, 1.165) is 24.8 Å². The fourth-order valence-electron chi connectivity index (χ4n) is 3.06. The summed E-state index contributed by atoms with van der Waals surface area (Å²) >= 11 is 3.30. The van der Waals surface area contributed by atoms with Crippen LogP contribution >= 0.6 is 15.9 Å². The van der Waals surface area contributed by atoms with Gasteiger partial charge in [-0.05, 0) is 46.8 Å². The van der Waals surface area contributed by atoms with Crippen molar-refractivity contribution in [1.29, 1.82) is 0 Å². The number of pyridine rings is 1. The molecule has 2 N–H and O–H groups in total. The zero-order chi connectivity index (χ0) is 21.2. The second kappa shape index (κ2) is 11.7. The number of carbonyl (C=O) groups excluding carboxylic acids is 1. The Morgan fingerprint density at radius 3 is 2.90 bits per heavy atom. The number of aromatic nitrogens is 3. The van der Waals surface area contributed by atoms with Gasteiger partial charge in [0.2, 0.25) is 5.91 Å². The van der Waals surface area contributed by atoms with E-state index in [1.54, 1.807) is 12.4 Å². The van der Waals surface area contributed by atoms with Gasteiger partial charge in [-0.1, -0.05) is 6.07 Å². The number of halogens is 1. The van der Waals surface area contributed by atoms with E-state index in [4.69, 9.17) is 9.47 Å². The van der Waals surface area contributed by atoms with Crippen LogP contribution in [0.3, 0.4) is 0 Å². The summed E-state index contributed by atoms with van der Waals surface area (Å²) in [5, 5.41) is 9.63. The fourth-order valence-corrected chi connectivity index (χ4v) is 3.46. The summed E-state index contributed by atoms with van der Waals surface area (Å²) in [6.45, 7) is 3.54. The fraction of sp³-hybridized carbons (Fsp3) is 0.500. The van der Waals surface area contributed by atoms with Crippen LogP contribution in [0.25, 0.3) is 0 Å². The molecule has 0 spiro atoms. The molecular formula is C20H26BrN5O4. The van der Waals surface area contributed by atoms with Gasteiger partial charge in [0.25, 0.3) is 11.4 Å². The third-order valence-electron chi connectivity index (χ3n) is 4.72. The summed E-state index contributed by atoms with van der Waals surface area (Å²) in [6, 6.07) is 3.79. The zero-order valence-corrected chi connectivity index (χ0v) is 18.3. The van der Waals surface area contributed by atoms with E-state index < -0.39 is 0 Å². The molecule has 3 rings (SSSR count). The number of carbonyl (C=O) groups is 1. The lowest BCUT2D eigenvalue weighted by molar-refractivity contribution is -0.135. The Labute approximate surface area is 183 Å².